The molecule has 0 atom stereocenters. The van der Waals surface area contributed by atoms with E-state index in [-0.39, 0.29) is 22.8 Å². The maximum Gasteiger partial charge on any atom is 0.270 e. The molecular weight excluding hydrogens is 300 g/mol. The molecule has 0 bridgehead atoms. The van der Waals surface area contributed by atoms with Crippen LogP contribution in [0.1, 0.15) is 29.0 Å². The van der Waals surface area contributed by atoms with E-state index in [1.807, 2.05) is 6.92 Å². The molecule has 2 rings (SSSR count). The lowest BCUT2D eigenvalue weighted by molar-refractivity contribution is -0.384. The van der Waals surface area contributed by atoms with Crippen molar-refractivity contribution < 1.29 is 14.2 Å². The zero-order valence-corrected chi connectivity index (χ0v) is 11.8. The van der Waals surface area contributed by atoms with Crippen LogP contribution in [0.5, 0.6) is 0 Å². The van der Waals surface area contributed by atoms with Crippen LogP contribution in [0.2, 0.25) is 5.02 Å². The predicted molar refractivity (Wildman–Crippen MR) is 73.0 cm³/mol. The SMILES string of the molecule is CCc1nc(CNC(=O)c2cc([N+](=O)[O-])ccc2Cl)no1. The van der Waals surface area contributed by atoms with Gasteiger partial charge < -0.3 is 9.84 Å². The monoisotopic (exact) mass is 310 g/mol. The maximum atomic E-state index is 12.0. The minimum atomic E-state index is -0.597. The summed E-state index contributed by atoms with van der Waals surface area (Å²) in [7, 11) is 0. The number of halogens is 1. The summed E-state index contributed by atoms with van der Waals surface area (Å²) in [4.78, 5) is 26.1. The molecule has 0 aliphatic rings. The van der Waals surface area contributed by atoms with Crippen molar-refractivity contribution in [1.82, 2.24) is 15.5 Å². The van der Waals surface area contributed by atoms with Gasteiger partial charge in [-0.3, -0.25) is 14.9 Å². The molecule has 1 aromatic heterocycles. The summed E-state index contributed by atoms with van der Waals surface area (Å²) < 4.78 is 4.90. The van der Waals surface area contributed by atoms with Crippen molar-refractivity contribution in [3.63, 3.8) is 0 Å². The molecule has 1 heterocycles. The Morgan fingerprint density at radius 1 is 1.52 bits per heavy atom. The van der Waals surface area contributed by atoms with E-state index >= 15 is 0 Å². The maximum absolute atomic E-state index is 12.0. The van der Waals surface area contributed by atoms with Gasteiger partial charge in [0.05, 0.1) is 22.1 Å². The number of hydrogen-bond donors (Lipinski definition) is 1. The average Bonchev–Trinajstić information content (AvgIpc) is 2.93. The van der Waals surface area contributed by atoms with Crippen LogP contribution in [0.3, 0.4) is 0 Å². The molecule has 0 aliphatic carbocycles. The molecule has 1 amide bonds. The van der Waals surface area contributed by atoms with Crippen LogP contribution in [0.4, 0.5) is 5.69 Å². The quantitative estimate of drug-likeness (QED) is 0.669. The highest BCUT2D eigenvalue weighted by molar-refractivity contribution is 6.33. The lowest BCUT2D eigenvalue weighted by Gasteiger charge is -2.04. The highest BCUT2D eigenvalue weighted by atomic mass is 35.5. The Balaban J connectivity index is 2.09. The fourth-order valence-corrected chi connectivity index (χ4v) is 1.76. The number of hydrogen-bond acceptors (Lipinski definition) is 6. The fourth-order valence-electron chi connectivity index (χ4n) is 1.56. The van der Waals surface area contributed by atoms with E-state index in [0.29, 0.717) is 18.1 Å². The van der Waals surface area contributed by atoms with E-state index in [1.54, 1.807) is 0 Å². The van der Waals surface area contributed by atoms with E-state index in [0.717, 1.165) is 6.07 Å². The second-order valence-electron chi connectivity index (χ2n) is 4.06. The van der Waals surface area contributed by atoms with Gasteiger partial charge in [-0.05, 0) is 6.07 Å². The third-order valence-electron chi connectivity index (χ3n) is 2.63. The standard InChI is InChI=1S/C12H11ClN4O4/c1-2-11-15-10(16-21-11)6-14-12(18)8-5-7(17(19)20)3-4-9(8)13/h3-5H,2,6H2,1H3,(H,14,18). The van der Waals surface area contributed by atoms with Crippen molar-refractivity contribution in [2.75, 3.05) is 0 Å². The molecule has 110 valence electrons. The van der Waals surface area contributed by atoms with E-state index in [9.17, 15) is 14.9 Å². The molecule has 8 nitrogen and oxygen atoms in total. The summed E-state index contributed by atoms with van der Waals surface area (Å²) in [5.41, 5.74) is -0.192. The Labute approximate surface area is 124 Å². The molecule has 1 aromatic carbocycles. The zero-order chi connectivity index (χ0) is 15.4. The van der Waals surface area contributed by atoms with Gasteiger partial charge in [0.1, 0.15) is 0 Å². The number of aryl methyl sites for hydroxylation is 1. The zero-order valence-electron chi connectivity index (χ0n) is 11.0. The van der Waals surface area contributed by atoms with Crippen LogP contribution in [0, 0.1) is 10.1 Å². The molecule has 0 saturated carbocycles. The van der Waals surface area contributed by atoms with Crippen molar-refractivity contribution in [3.8, 4) is 0 Å². The largest absolute Gasteiger partial charge is 0.345 e. The van der Waals surface area contributed by atoms with Crippen LogP contribution in [0.15, 0.2) is 22.7 Å². The Kier molecular flexibility index (Phi) is 4.49. The van der Waals surface area contributed by atoms with Gasteiger partial charge >= 0.3 is 0 Å². The lowest BCUT2D eigenvalue weighted by Crippen LogP contribution is -2.23. The van der Waals surface area contributed by atoms with Crippen LogP contribution in [-0.4, -0.2) is 21.0 Å². The van der Waals surface area contributed by atoms with E-state index in [4.69, 9.17) is 16.1 Å². The van der Waals surface area contributed by atoms with Gasteiger partial charge in [0, 0.05) is 18.6 Å². The lowest BCUT2D eigenvalue weighted by atomic mass is 10.2. The fraction of sp³-hybridized carbons (Fsp3) is 0.250. The number of nitrogens with one attached hydrogen (secondary N) is 1. The topological polar surface area (TPSA) is 111 Å². The number of nitro groups is 1. The summed E-state index contributed by atoms with van der Waals surface area (Å²) in [6, 6.07) is 3.65. The number of benzene rings is 1. The molecule has 9 heteroatoms. The average molecular weight is 311 g/mol. The van der Waals surface area contributed by atoms with Gasteiger partial charge in [-0.2, -0.15) is 4.98 Å². The minimum Gasteiger partial charge on any atom is -0.345 e. The molecule has 0 saturated heterocycles. The first-order valence-corrected chi connectivity index (χ1v) is 6.42. The highest BCUT2D eigenvalue weighted by Crippen LogP contribution is 2.21. The second kappa shape index (κ2) is 6.31. The van der Waals surface area contributed by atoms with E-state index in [2.05, 4.69) is 15.5 Å². The summed E-state index contributed by atoms with van der Waals surface area (Å²) in [5.74, 6) is 0.237. The van der Waals surface area contributed by atoms with Gasteiger partial charge in [0.25, 0.3) is 11.6 Å². The molecule has 0 aliphatic heterocycles. The molecule has 0 spiro atoms. The number of carbonyl (C=O) groups is 1. The van der Waals surface area contributed by atoms with Gasteiger partial charge in [-0.25, -0.2) is 0 Å². The summed E-state index contributed by atoms with van der Waals surface area (Å²) in [6.07, 6.45) is 0.595. The first-order valence-electron chi connectivity index (χ1n) is 6.05. The number of amides is 1. The smallest absolute Gasteiger partial charge is 0.270 e. The van der Waals surface area contributed by atoms with Crippen LogP contribution >= 0.6 is 11.6 Å². The van der Waals surface area contributed by atoms with Crippen LogP contribution < -0.4 is 5.32 Å². The molecule has 0 radical (unpaired) electrons. The predicted octanol–water partition coefficient (Wildman–Crippen LogP) is 2.12. The minimum absolute atomic E-state index is 0.0186. The Morgan fingerprint density at radius 2 is 2.29 bits per heavy atom. The van der Waals surface area contributed by atoms with Crippen molar-refractivity contribution in [2.45, 2.75) is 19.9 Å². The summed E-state index contributed by atoms with van der Waals surface area (Å²) in [6.45, 7) is 1.90. The van der Waals surface area contributed by atoms with Gasteiger partial charge in [0.2, 0.25) is 5.89 Å². The van der Waals surface area contributed by atoms with Gasteiger partial charge in [-0.15, -0.1) is 0 Å². The normalized spacial score (nSPS) is 10.4. The number of rotatable bonds is 5. The van der Waals surface area contributed by atoms with E-state index in [1.165, 1.54) is 12.1 Å². The molecule has 21 heavy (non-hydrogen) atoms. The van der Waals surface area contributed by atoms with Gasteiger partial charge in [-0.1, -0.05) is 23.7 Å². The Bertz CT molecular complexity index is 686. The molecular formula is C12H11ClN4O4. The Hall–Kier alpha value is -2.48. The third-order valence-corrected chi connectivity index (χ3v) is 2.95. The molecule has 2 aromatic rings. The Morgan fingerprint density at radius 3 is 2.90 bits per heavy atom. The summed E-state index contributed by atoms with van der Waals surface area (Å²) in [5, 5.41) is 17.0. The van der Waals surface area contributed by atoms with Gasteiger partial charge in [0.15, 0.2) is 5.82 Å². The molecule has 1 N–H and O–H groups in total. The number of carbonyl (C=O) groups excluding carboxylic acids is 1. The van der Waals surface area contributed by atoms with Crippen molar-refractivity contribution in [3.05, 3.63) is 50.6 Å². The van der Waals surface area contributed by atoms with Crippen molar-refractivity contribution in [2.24, 2.45) is 0 Å². The first-order chi connectivity index (χ1) is 10.0. The van der Waals surface area contributed by atoms with Crippen molar-refractivity contribution in [1.29, 1.82) is 0 Å². The summed E-state index contributed by atoms with van der Waals surface area (Å²) >= 11 is 5.87. The number of nitrogens with zero attached hydrogens (tertiary/aromatic N) is 3. The highest BCUT2D eigenvalue weighted by Gasteiger charge is 2.16. The number of non-ortho nitro benzene ring substituents is 1. The second-order valence-corrected chi connectivity index (χ2v) is 4.47. The van der Waals surface area contributed by atoms with Crippen molar-refractivity contribution >= 4 is 23.2 Å². The van der Waals surface area contributed by atoms with Crippen LogP contribution in [0.25, 0.3) is 0 Å². The third kappa shape index (κ3) is 3.54. The number of aromatic nitrogens is 2. The van der Waals surface area contributed by atoms with Crippen LogP contribution in [-0.2, 0) is 13.0 Å². The first kappa shape index (κ1) is 14.9. The van der Waals surface area contributed by atoms with E-state index < -0.39 is 10.8 Å². The molecule has 0 fully saturated rings. The molecule has 0 unspecified atom stereocenters. The number of nitro benzene ring substituents is 1.